The summed E-state index contributed by atoms with van der Waals surface area (Å²) in [6.07, 6.45) is 10.2. The monoisotopic (exact) mass is 664 g/mol. The van der Waals surface area contributed by atoms with Crippen LogP contribution in [0.3, 0.4) is 0 Å². The van der Waals surface area contributed by atoms with E-state index in [4.69, 9.17) is 25.7 Å². The number of benzene rings is 2. The Bertz CT molecular complexity index is 1750. The number of alkyl halides is 1. The highest BCUT2D eigenvalue weighted by molar-refractivity contribution is 6.08. The summed E-state index contributed by atoms with van der Waals surface area (Å²) in [5, 5.41) is 13.1. The van der Waals surface area contributed by atoms with Crippen LogP contribution in [0, 0.1) is 24.0 Å². The summed E-state index contributed by atoms with van der Waals surface area (Å²) < 4.78 is 60.8. The minimum atomic E-state index is -0.817. The minimum absolute atomic E-state index is 0.0165. The number of anilines is 1. The van der Waals surface area contributed by atoms with E-state index >= 15 is 4.39 Å². The molecular formula is C35H39F3N6O4. The molecule has 0 bridgehead atoms. The maximum absolute atomic E-state index is 16.6. The van der Waals surface area contributed by atoms with Gasteiger partial charge in [0.25, 0.3) is 0 Å². The van der Waals surface area contributed by atoms with Crippen LogP contribution in [-0.2, 0) is 9.47 Å². The van der Waals surface area contributed by atoms with Gasteiger partial charge in [-0.1, -0.05) is 12.0 Å². The first kappa shape index (κ1) is 33.5. The van der Waals surface area contributed by atoms with E-state index in [9.17, 15) is 8.78 Å². The molecule has 2 N–H and O–H groups in total. The SMILES string of the molecule is C#Cc1c(F)ccc2cc(NC)cc(-c3nc4c(c(N=COCO)c3F)C(=NC)N3CCCOCC3CO4)c12.FC1CC2CCCN2C1. The summed E-state index contributed by atoms with van der Waals surface area (Å²) in [5.41, 5.74) is 0.814. The lowest BCUT2D eigenvalue weighted by Gasteiger charge is -2.29. The normalized spacial score (nSPS) is 23.0. The molecule has 3 fully saturated rings. The number of nitrogens with one attached hydrogen (secondary N) is 1. The van der Waals surface area contributed by atoms with Crippen LogP contribution in [0.2, 0.25) is 0 Å². The van der Waals surface area contributed by atoms with E-state index in [1.165, 1.54) is 18.9 Å². The first-order valence-electron chi connectivity index (χ1n) is 16.1. The highest BCUT2D eigenvalue weighted by Gasteiger charge is 2.36. The zero-order valence-corrected chi connectivity index (χ0v) is 27.0. The zero-order chi connectivity index (χ0) is 33.8. The van der Waals surface area contributed by atoms with Crippen LogP contribution in [-0.4, -0.2) is 111 Å². The molecular weight excluding hydrogens is 625 g/mol. The Hall–Kier alpha value is -4.38. The number of aliphatic imine (C=N–C) groups is 2. The van der Waals surface area contributed by atoms with Gasteiger partial charge in [-0.25, -0.2) is 23.1 Å². The fourth-order valence-electron chi connectivity index (χ4n) is 7.00. The molecule has 0 radical (unpaired) electrons. The number of amidine groups is 1. The maximum Gasteiger partial charge on any atom is 0.227 e. The third kappa shape index (κ3) is 6.52. The Morgan fingerprint density at radius 2 is 2.06 bits per heavy atom. The third-order valence-electron chi connectivity index (χ3n) is 9.18. The summed E-state index contributed by atoms with van der Waals surface area (Å²) in [7, 11) is 3.32. The van der Waals surface area contributed by atoms with Crippen LogP contribution in [0.1, 0.15) is 36.8 Å². The van der Waals surface area contributed by atoms with E-state index in [0.717, 1.165) is 25.8 Å². The van der Waals surface area contributed by atoms with Crippen LogP contribution in [0.5, 0.6) is 5.88 Å². The van der Waals surface area contributed by atoms with Gasteiger partial charge in [0, 0.05) is 56.5 Å². The van der Waals surface area contributed by atoms with Crippen molar-refractivity contribution in [2.75, 3.05) is 65.7 Å². The highest BCUT2D eigenvalue weighted by Crippen LogP contribution is 2.42. The molecule has 1 aromatic heterocycles. The van der Waals surface area contributed by atoms with Crippen LogP contribution >= 0.6 is 0 Å². The fourth-order valence-corrected chi connectivity index (χ4v) is 7.00. The molecule has 4 aliphatic rings. The molecule has 0 saturated carbocycles. The lowest BCUT2D eigenvalue weighted by molar-refractivity contribution is 0.0951. The fraction of sp³-hybridized carbons (Fsp3) is 0.457. The van der Waals surface area contributed by atoms with Gasteiger partial charge in [0.05, 0.1) is 18.2 Å². The molecule has 0 amide bonds. The first-order valence-corrected chi connectivity index (χ1v) is 16.1. The molecule has 254 valence electrons. The van der Waals surface area contributed by atoms with Crippen molar-refractivity contribution in [1.82, 2.24) is 14.8 Å². The van der Waals surface area contributed by atoms with Crippen molar-refractivity contribution in [3.63, 3.8) is 0 Å². The Balaban J connectivity index is 0.000000381. The Labute approximate surface area is 277 Å². The number of halogens is 3. The molecule has 0 spiro atoms. The molecule has 13 heteroatoms. The molecule has 3 unspecified atom stereocenters. The predicted molar refractivity (Wildman–Crippen MR) is 179 cm³/mol. The first-order chi connectivity index (χ1) is 23.4. The van der Waals surface area contributed by atoms with Crippen LogP contribution in [0.15, 0.2) is 34.3 Å². The second-order valence-electron chi connectivity index (χ2n) is 12.0. The largest absolute Gasteiger partial charge is 0.475 e. The average Bonchev–Trinajstić information content (AvgIpc) is 3.53. The van der Waals surface area contributed by atoms with Crippen LogP contribution in [0.25, 0.3) is 22.0 Å². The van der Waals surface area contributed by atoms with Gasteiger partial charge in [0.1, 0.15) is 41.4 Å². The average molecular weight is 665 g/mol. The van der Waals surface area contributed by atoms with Gasteiger partial charge in [-0.15, -0.1) is 6.42 Å². The Morgan fingerprint density at radius 3 is 2.81 bits per heavy atom. The van der Waals surface area contributed by atoms with Crippen molar-refractivity contribution in [2.24, 2.45) is 9.98 Å². The van der Waals surface area contributed by atoms with Gasteiger partial charge in [-0.05, 0) is 55.8 Å². The molecule has 0 aliphatic carbocycles. The lowest BCUT2D eigenvalue weighted by atomic mass is 9.95. The number of fused-ring (bicyclic) bond motifs is 4. The van der Waals surface area contributed by atoms with Gasteiger partial charge < -0.3 is 29.5 Å². The van der Waals surface area contributed by atoms with Crippen molar-refractivity contribution in [1.29, 1.82) is 0 Å². The zero-order valence-electron chi connectivity index (χ0n) is 27.0. The molecule has 48 heavy (non-hydrogen) atoms. The van der Waals surface area contributed by atoms with Gasteiger partial charge in [-0.3, -0.25) is 9.89 Å². The number of aromatic nitrogens is 1. The molecule has 10 nitrogen and oxygen atoms in total. The van der Waals surface area contributed by atoms with E-state index in [1.54, 1.807) is 32.3 Å². The topological polar surface area (TPSA) is 104 Å². The second kappa shape index (κ2) is 14.8. The Morgan fingerprint density at radius 1 is 1.21 bits per heavy atom. The minimum Gasteiger partial charge on any atom is -0.475 e. The number of nitrogens with zero attached hydrogens (tertiary/aromatic N) is 5. The number of pyridine rings is 1. The van der Waals surface area contributed by atoms with E-state index in [1.807, 2.05) is 4.90 Å². The van der Waals surface area contributed by atoms with Crippen molar-refractivity contribution >= 4 is 34.4 Å². The van der Waals surface area contributed by atoms with E-state index in [-0.39, 0.29) is 46.6 Å². The summed E-state index contributed by atoms with van der Waals surface area (Å²) in [6.45, 7) is 3.01. The van der Waals surface area contributed by atoms with Crippen LogP contribution in [0.4, 0.5) is 24.5 Å². The maximum atomic E-state index is 16.6. The van der Waals surface area contributed by atoms with Gasteiger partial charge in [0.2, 0.25) is 5.88 Å². The molecule has 3 atom stereocenters. The molecule has 3 saturated heterocycles. The summed E-state index contributed by atoms with van der Waals surface area (Å²) in [5.74, 6) is 1.50. The summed E-state index contributed by atoms with van der Waals surface area (Å²) in [6, 6.07) is 6.70. The van der Waals surface area contributed by atoms with Crippen molar-refractivity contribution < 1.29 is 32.5 Å². The number of hydrogen-bond acceptors (Lipinski definition) is 9. The molecule has 3 aromatic rings. The number of hydrogen-bond donors (Lipinski definition) is 2. The third-order valence-corrected chi connectivity index (χ3v) is 9.18. The van der Waals surface area contributed by atoms with Crippen LogP contribution < -0.4 is 10.1 Å². The highest BCUT2D eigenvalue weighted by atomic mass is 19.1. The molecule has 4 aliphatic heterocycles. The number of rotatable bonds is 5. The van der Waals surface area contributed by atoms with Crippen molar-refractivity contribution in [2.45, 2.75) is 43.9 Å². The number of ether oxygens (including phenoxy) is 3. The summed E-state index contributed by atoms with van der Waals surface area (Å²) >= 11 is 0. The standard InChI is InChI=1S/C28H27F2N5O4.C7H12FN/c1-4-19-21(29)7-6-16-10-17(31-2)11-20(22(16)19)25-24(30)26(33-14-38-15-36)23-27(32-3)35-8-5-9-37-12-18(35)13-39-28(23)34-25;8-6-4-7-2-1-3-9(7)5-6/h1,6-7,10-11,14,18,31,36H,5,8-9,12-13,15H2,2-3H3;6-7H,1-5H2. The van der Waals surface area contributed by atoms with Gasteiger partial charge in [0.15, 0.2) is 19.0 Å². The quantitative estimate of drug-likeness (QED) is 0.172. The van der Waals surface area contributed by atoms with Gasteiger partial charge >= 0.3 is 0 Å². The Kier molecular flexibility index (Phi) is 10.3. The van der Waals surface area contributed by atoms with Crippen molar-refractivity contribution in [3.05, 3.63) is 47.0 Å². The van der Waals surface area contributed by atoms with E-state index < -0.39 is 24.6 Å². The number of terminal acetylenes is 1. The van der Waals surface area contributed by atoms with Gasteiger partial charge in [-0.2, -0.15) is 0 Å². The van der Waals surface area contributed by atoms with E-state index in [2.05, 4.69) is 31.1 Å². The lowest BCUT2D eigenvalue weighted by Crippen LogP contribution is -2.44. The predicted octanol–water partition coefficient (Wildman–Crippen LogP) is 4.88. The van der Waals surface area contributed by atoms with E-state index in [0.29, 0.717) is 54.6 Å². The summed E-state index contributed by atoms with van der Waals surface area (Å²) in [4.78, 5) is 17.6. The number of aliphatic hydroxyl groups excluding tert-OH is 1. The molecule has 2 aromatic carbocycles. The molecule has 5 heterocycles. The number of aliphatic hydroxyl groups is 1. The second-order valence-corrected chi connectivity index (χ2v) is 12.0. The van der Waals surface area contributed by atoms with Crippen molar-refractivity contribution in [3.8, 4) is 29.5 Å². The molecule has 7 rings (SSSR count). The smallest absolute Gasteiger partial charge is 0.227 e.